The molecule has 2 amide bonds. The van der Waals surface area contributed by atoms with Crippen molar-refractivity contribution >= 4 is 17.9 Å². The molecule has 0 spiro atoms. The number of hydrogen-bond acceptors (Lipinski definition) is 4. The van der Waals surface area contributed by atoms with E-state index >= 15 is 0 Å². The lowest BCUT2D eigenvalue weighted by Crippen LogP contribution is -2.48. The van der Waals surface area contributed by atoms with E-state index < -0.39 is 6.04 Å². The monoisotopic (exact) mass is 334 g/mol. The van der Waals surface area contributed by atoms with Crippen LogP contribution >= 0.6 is 0 Å². The van der Waals surface area contributed by atoms with Crippen molar-refractivity contribution < 1.29 is 19.1 Å². The number of rotatable bonds is 9. The normalized spacial score (nSPS) is 13.3. The maximum Gasteiger partial charge on any atom is 0.244 e. The van der Waals surface area contributed by atoms with Gasteiger partial charge >= 0.3 is 0 Å². The van der Waals surface area contributed by atoms with Gasteiger partial charge in [0.05, 0.1) is 19.8 Å². The number of carbonyl (C=O) groups excluding carboxylic acids is 2. The van der Waals surface area contributed by atoms with E-state index in [2.05, 4.69) is 10.6 Å². The van der Waals surface area contributed by atoms with Crippen molar-refractivity contribution in [1.29, 1.82) is 0 Å². The van der Waals surface area contributed by atoms with Gasteiger partial charge in [-0.25, -0.2) is 0 Å². The third-order valence-electron chi connectivity index (χ3n) is 3.50. The Morgan fingerprint density at radius 1 is 1.17 bits per heavy atom. The van der Waals surface area contributed by atoms with Crippen molar-refractivity contribution in [2.24, 2.45) is 0 Å². The summed E-state index contributed by atoms with van der Waals surface area (Å²) in [5.74, 6) is 0.196. The zero-order chi connectivity index (χ0) is 17.9. The highest BCUT2D eigenvalue weighted by atomic mass is 16.5. The van der Waals surface area contributed by atoms with Crippen LogP contribution in [-0.2, 0) is 14.3 Å². The van der Waals surface area contributed by atoms with E-state index in [1.54, 1.807) is 27.2 Å². The summed E-state index contributed by atoms with van der Waals surface area (Å²) < 4.78 is 10.1. The third-order valence-corrected chi connectivity index (χ3v) is 3.50. The first-order valence-corrected chi connectivity index (χ1v) is 7.92. The molecule has 1 aromatic rings. The molecular weight excluding hydrogens is 308 g/mol. The molecule has 0 bridgehead atoms. The van der Waals surface area contributed by atoms with Crippen LogP contribution in [0.1, 0.15) is 25.8 Å². The van der Waals surface area contributed by atoms with E-state index in [0.29, 0.717) is 6.61 Å². The molecule has 0 saturated heterocycles. The molecule has 0 aliphatic carbocycles. The van der Waals surface area contributed by atoms with Gasteiger partial charge in [0.2, 0.25) is 11.8 Å². The summed E-state index contributed by atoms with van der Waals surface area (Å²) in [5.41, 5.74) is 0.870. The molecule has 0 saturated carbocycles. The molecule has 0 radical (unpaired) electrons. The predicted molar refractivity (Wildman–Crippen MR) is 93.7 cm³/mol. The molecule has 0 fully saturated rings. The summed E-state index contributed by atoms with van der Waals surface area (Å²) in [4.78, 5) is 24.0. The minimum Gasteiger partial charge on any atom is -0.497 e. The topological polar surface area (TPSA) is 76.7 Å². The molecule has 2 N–H and O–H groups in total. The van der Waals surface area contributed by atoms with Crippen molar-refractivity contribution in [3.8, 4) is 5.75 Å². The molecule has 6 nitrogen and oxygen atoms in total. The van der Waals surface area contributed by atoms with Crippen LogP contribution in [0, 0.1) is 0 Å². The van der Waals surface area contributed by atoms with E-state index in [0.717, 1.165) is 17.7 Å². The summed E-state index contributed by atoms with van der Waals surface area (Å²) in [5, 5.41) is 5.48. The lowest BCUT2D eigenvalue weighted by molar-refractivity contribution is -0.127. The van der Waals surface area contributed by atoms with Crippen molar-refractivity contribution in [1.82, 2.24) is 10.6 Å². The number of carbonyl (C=O) groups is 2. The Bertz CT molecular complexity index is 555. The average molecular weight is 334 g/mol. The SMILES string of the molecule is CC[C@H](COC)NC(=O)[C@@H](C)NC(=O)/C=C\c1ccc(OC)cc1. The number of amides is 2. The molecule has 132 valence electrons. The van der Waals surface area contributed by atoms with Crippen LogP contribution in [0.2, 0.25) is 0 Å². The third kappa shape index (κ3) is 6.83. The molecule has 0 unspecified atom stereocenters. The number of benzene rings is 1. The second-order valence-corrected chi connectivity index (χ2v) is 5.41. The molecular formula is C18H26N2O4. The lowest BCUT2D eigenvalue weighted by Gasteiger charge is -2.19. The maximum atomic E-state index is 12.0. The summed E-state index contributed by atoms with van der Waals surface area (Å²) in [6, 6.07) is 6.63. The zero-order valence-electron chi connectivity index (χ0n) is 14.7. The first-order chi connectivity index (χ1) is 11.5. The van der Waals surface area contributed by atoms with E-state index in [-0.39, 0.29) is 17.9 Å². The van der Waals surface area contributed by atoms with E-state index in [4.69, 9.17) is 9.47 Å². The predicted octanol–water partition coefficient (Wildman–Crippen LogP) is 1.75. The first kappa shape index (κ1) is 19.7. The molecule has 0 heterocycles. The van der Waals surface area contributed by atoms with Crippen LogP contribution < -0.4 is 15.4 Å². The molecule has 24 heavy (non-hydrogen) atoms. The highest BCUT2D eigenvalue weighted by Gasteiger charge is 2.17. The number of ether oxygens (including phenoxy) is 2. The van der Waals surface area contributed by atoms with Gasteiger partial charge in [0.25, 0.3) is 0 Å². The Labute approximate surface area is 143 Å². The summed E-state index contributed by atoms with van der Waals surface area (Å²) >= 11 is 0. The van der Waals surface area contributed by atoms with Crippen LogP contribution in [-0.4, -0.2) is 44.7 Å². The van der Waals surface area contributed by atoms with E-state index in [9.17, 15) is 9.59 Å². The van der Waals surface area contributed by atoms with Gasteiger partial charge in [0, 0.05) is 13.2 Å². The van der Waals surface area contributed by atoms with Gasteiger partial charge < -0.3 is 20.1 Å². The van der Waals surface area contributed by atoms with Crippen molar-refractivity contribution in [3.63, 3.8) is 0 Å². The standard InChI is InChI=1S/C18H26N2O4/c1-5-15(12-23-3)20-18(22)13(2)19-17(21)11-8-14-6-9-16(24-4)10-7-14/h6-11,13,15H,5,12H2,1-4H3,(H,19,21)(H,20,22)/b11-8-/t13-,15-/m1/s1. The van der Waals surface area contributed by atoms with Gasteiger partial charge in [0.15, 0.2) is 0 Å². The van der Waals surface area contributed by atoms with Crippen LogP contribution in [0.3, 0.4) is 0 Å². The smallest absolute Gasteiger partial charge is 0.244 e. The van der Waals surface area contributed by atoms with Gasteiger partial charge in [-0.15, -0.1) is 0 Å². The molecule has 0 aliphatic heterocycles. The molecule has 2 atom stereocenters. The zero-order valence-corrected chi connectivity index (χ0v) is 14.7. The Kier molecular flexibility index (Phi) is 8.57. The molecule has 0 aliphatic rings. The maximum absolute atomic E-state index is 12.0. The second kappa shape index (κ2) is 10.4. The lowest BCUT2D eigenvalue weighted by atomic mass is 10.2. The molecule has 0 aromatic heterocycles. The second-order valence-electron chi connectivity index (χ2n) is 5.41. The minimum atomic E-state index is -0.621. The fourth-order valence-electron chi connectivity index (χ4n) is 2.00. The van der Waals surface area contributed by atoms with Gasteiger partial charge in [-0.1, -0.05) is 19.1 Å². The van der Waals surface area contributed by atoms with E-state index in [1.807, 2.05) is 31.2 Å². The molecule has 1 rings (SSSR count). The van der Waals surface area contributed by atoms with Gasteiger partial charge in [-0.3, -0.25) is 9.59 Å². The Hall–Kier alpha value is -2.34. The van der Waals surface area contributed by atoms with Gasteiger partial charge in [0.1, 0.15) is 11.8 Å². The highest BCUT2D eigenvalue weighted by Crippen LogP contribution is 2.12. The van der Waals surface area contributed by atoms with Crippen LogP contribution in [0.25, 0.3) is 6.08 Å². The average Bonchev–Trinajstić information content (AvgIpc) is 2.59. The number of hydrogen-bond donors (Lipinski definition) is 2. The van der Waals surface area contributed by atoms with Crippen molar-refractivity contribution in [2.45, 2.75) is 32.4 Å². The minimum absolute atomic E-state index is 0.0586. The van der Waals surface area contributed by atoms with Gasteiger partial charge in [-0.05, 0) is 37.1 Å². The van der Waals surface area contributed by atoms with Gasteiger partial charge in [-0.2, -0.15) is 0 Å². The van der Waals surface area contributed by atoms with Crippen molar-refractivity contribution in [2.75, 3.05) is 20.8 Å². The largest absolute Gasteiger partial charge is 0.497 e. The summed E-state index contributed by atoms with van der Waals surface area (Å²) in [7, 11) is 3.18. The number of nitrogens with one attached hydrogen (secondary N) is 2. The summed E-state index contributed by atoms with van der Waals surface area (Å²) in [6.07, 6.45) is 3.84. The van der Waals surface area contributed by atoms with Crippen LogP contribution in [0.4, 0.5) is 0 Å². The Balaban J connectivity index is 2.50. The number of methoxy groups -OCH3 is 2. The fourth-order valence-corrected chi connectivity index (χ4v) is 2.00. The highest BCUT2D eigenvalue weighted by molar-refractivity contribution is 5.95. The van der Waals surface area contributed by atoms with Crippen molar-refractivity contribution in [3.05, 3.63) is 35.9 Å². The Morgan fingerprint density at radius 2 is 1.83 bits per heavy atom. The summed E-state index contributed by atoms with van der Waals surface area (Å²) in [6.45, 7) is 4.05. The van der Waals surface area contributed by atoms with Crippen LogP contribution in [0.5, 0.6) is 5.75 Å². The fraction of sp³-hybridized carbons (Fsp3) is 0.444. The molecule has 1 aromatic carbocycles. The van der Waals surface area contributed by atoms with E-state index in [1.165, 1.54) is 6.08 Å². The van der Waals surface area contributed by atoms with Crippen LogP contribution in [0.15, 0.2) is 30.3 Å². The first-order valence-electron chi connectivity index (χ1n) is 7.92. The molecule has 6 heteroatoms. The quantitative estimate of drug-likeness (QED) is 0.675. The Morgan fingerprint density at radius 3 is 2.38 bits per heavy atom.